The number of piperidine rings is 1. The number of halogens is 2. The predicted molar refractivity (Wildman–Crippen MR) is 129 cm³/mol. The lowest BCUT2D eigenvalue weighted by molar-refractivity contribution is 0.102. The van der Waals surface area contributed by atoms with Gasteiger partial charge in [-0.2, -0.15) is 5.10 Å². The number of carbonyl (C=O) groups is 1. The number of aryl methyl sites for hydroxylation is 2. The fourth-order valence-corrected chi connectivity index (χ4v) is 4.26. The zero-order valence-corrected chi connectivity index (χ0v) is 19.4. The van der Waals surface area contributed by atoms with Crippen LogP contribution in [0.5, 0.6) is 0 Å². The van der Waals surface area contributed by atoms with Crippen molar-refractivity contribution in [1.82, 2.24) is 15.1 Å². The summed E-state index contributed by atoms with van der Waals surface area (Å²) in [5.74, 6) is 0.143. The van der Waals surface area contributed by atoms with Gasteiger partial charge >= 0.3 is 0 Å². The first kappa shape index (κ1) is 23.3. The smallest absolute Gasteiger partial charge is 0.259 e. The van der Waals surface area contributed by atoms with Crippen LogP contribution in [0.2, 0.25) is 5.02 Å². The lowest BCUT2D eigenvalue weighted by Crippen LogP contribution is -2.29. The van der Waals surface area contributed by atoms with Crippen LogP contribution in [0, 0.1) is 6.92 Å². The van der Waals surface area contributed by atoms with Crippen LogP contribution in [0.15, 0.2) is 48.7 Å². The van der Waals surface area contributed by atoms with Crippen molar-refractivity contribution in [3.8, 4) is 5.69 Å². The standard InChI is InChI=1S/C24H27ClN4O.ClH/c1-3-17-6-4-5-7-22(17)28-24(30)20-15-27-29(19-9-8-16(2)21(25)14-19)23(20)18-10-12-26-13-11-18;/h4-9,14-15,18,26H,3,10-13H2,1-2H3,(H,28,30);1H. The van der Waals surface area contributed by atoms with Crippen molar-refractivity contribution in [3.63, 3.8) is 0 Å². The molecular formula is C24H28Cl2N4O. The maximum Gasteiger partial charge on any atom is 0.259 e. The molecule has 0 saturated carbocycles. The Morgan fingerprint density at radius 2 is 1.97 bits per heavy atom. The lowest BCUT2D eigenvalue weighted by Gasteiger charge is -2.25. The van der Waals surface area contributed by atoms with Crippen LogP contribution in [0.4, 0.5) is 5.69 Å². The van der Waals surface area contributed by atoms with E-state index >= 15 is 0 Å². The number of nitrogens with one attached hydrogen (secondary N) is 2. The van der Waals surface area contributed by atoms with Gasteiger partial charge in [-0.25, -0.2) is 4.68 Å². The number of benzene rings is 2. The highest BCUT2D eigenvalue weighted by atomic mass is 35.5. The Balaban J connectivity index is 0.00000272. The van der Waals surface area contributed by atoms with Crippen LogP contribution < -0.4 is 10.6 Å². The topological polar surface area (TPSA) is 59.0 Å². The maximum atomic E-state index is 13.3. The molecule has 0 aliphatic carbocycles. The van der Waals surface area contributed by atoms with Crippen LogP contribution in [-0.2, 0) is 6.42 Å². The molecule has 0 radical (unpaired) electrons. The highest BCUT2D eigenvalue weighted by Crippen LogP contribution is 2.32. The molecule has 2 heterocycles. The van der Waals surface area contributed by atoms with Crippen molar-refractivity contribution >= 4 is 35.6 Å². The van der Waals surface area contributed by atoms with E-state index in [-0.39, 0.29) is 24.2 Å². The molecule has 0 bridgehead atoms. The third-order valence-corrected chi connectivity index (χ3v) is 6.23. The number of carbonyl (C=O) groups excluding carboxylic acids is 1. The number of nitrogens with zero attached hydrogens (tertiary/aromatic N) is 2. The van der Waals surface area contributed by atoms with Gasteiger partial charge in [0, 0.05) is 16.6 Å². The minimum atomic E-state index is -0.117. The normalized spacial score (nSPS) is 14.2. The number of para-hydroxylation sites is 1. The van der Waals surface area contributed by atoms with Crippen molar-refractivity contribution in [3.05, 3.63) is 76.1 Å². The van der Waals surface area contributed by atoms with Crippen LogP contribution in [0.3, 0.4) is 0 Å². The number of hydrogen-bond donors (Lipinski definition) is 2. The lowest BCUT2D eigenvalue weighted by atomic mass is 9.91. The first-order chi connectivity index (χ1) is 14.6. The number of hydrogen-bond acceptors (Lipinski definition) is 3. The molecule has 1 amide bonds. The number of anilines is 1. The van der Waals surface area contributed by atoms with Gasteiger partial charge in [0.15, 0.2) is 0 Å². The quantitative estimate of drug-likeness (QED) is 0.527. The summed E-state index contributed by atoms with van der Waals surface area (Å²) >= 11 is 6.38. The van der Waals surface area contributed by atoms with Crippen molar-refractivity contribution < 1.29 is 4.79 Å². The zero-order valence-electron chi connectivity index (χ0n) is 17.8. The van der Waals surface area contributed by atoms with Gasteiger partial charge in [0.25, 0.3) is 5.91 Å². The fraction of sp³-hybridized carbons (Fsp3) is 0.333. The fourth-order valence-electron chi connectivity index (χ4n) is 4.08. The van der Waals surface area contributed by atoms with E-state index < -0.39 is 0 Å². The molecule has 1 aliphatic heterocycles. The van der Waals surface area contributed by atoms with E-state index in [9.17, 15) is 4.79 Å². The molecule has 2 N–H and O–H groups in total. The van der Waals surface area contributed by atoms with Crippen molar-refractivity contribution in [2.45, 2.75) is 39.0 Å². The average Bonchev–Trinajstić information content (AvgIpc) is 3.22. The molecule has 1 aliphatic rings. The Labute approximate surface area is 194 Å². The molecule has 31 heavy (non-hydrogen) atoms. The van der Waals surface area contributed by atoms with Crippen LogP contribution in [0.25, 0.3) is 5.69 Å². The second kappa shape index (κ2) is 10.3. The second-order valence-corrected chi connectivity index (χ2v) is 8.19. The SMILES string of the molecule is CCc1ccccc1NC(=O)c1cnn(-c2ccc(C)c(Cl)c2)c1C1CCNCC1.Cl. The summed E-state index contributed by atoms with van der Waals surface area (Å²) in [7, 11) is 0. The molecule has 164 valence electrons. The molecular weight excluding hydrogens is 431 g/mol. The first-order valence-corrected chi connectivity index (χ1v) is 10.9. The van der Waals surface area contributed by atoms with Gasteiger partial charge in [-0.1, -0.05) is 42.8 Å². The van der Waals surface area contributed by atoms with Gasteiger partial charge in [0.2, 0.25) is 0 Å². The summed E-state index contributed by atoms with van der Waals surface area (Å²) in [4.78, 5) is 13.3. The number of rotatable bonds is 5. The van der Waals surface area contributed by atoms with E-state index in [2.05, 4.69) is 22.7 Å². The van der Waals surface area contributed by atoms with Gasteiger partial charge in [0.1, 0.15) is 0 Å². The van der Waals surface area contributed by atoms with Gasteiger partial charge in [-0.05, 0) is 68.6 Å². The molecule has 1 saturated heterocycles. The Morgan fingerprint density at radius 1 is 1.23 bits per heavy atom. The minimum Gasteiger partial charge on any atom is -0.322 e. The monoisotopic (exact) mass is 458 g/mol. The van der Waals surface area contributed by atoms with E-state index in [0.717, 1.165) is 60.5 Å². The van der Waals surface area contributed by atoms with Crippen molar-refractivity contribution in [1.29, 1.82) is 0 Å². The Hall–Kier alpha value is -2.34. The molecule has 7 heteroatoms. The summed E-state index contributed by atoms with van der Waals surface area (Å²) in [5, 5.41) is 11.8. The van der Waals surface area contributed by atoms with E-state index in [0.29, 0.717) is 10.6 Å². The molecule has 2 aromatic carbocycles. The zero-order chi connectivity index (χ0) is 21.1. The number of amides is 1. The first-order valence-electron chi connectivity index (χ1n) is 10.5. The van der Waals surface area contributed by atoms with Gasteiger partial charge in [-0.15, -0.1) is 12.4 Å². The van der Waals surface area contributed by atoms with Crippen LogP contribution in [0.1, 0.15) is 52.9 Å². The molecule has 0 unspecified atom stereocenters. The molecule has 1 aromatic heterocycles. The predicted octanol–water partition coefficient (Wildman–Crippen LogP) is 5.54. The van der Waals surface area contributed by atoms with Gasteiger partial charge in [0.05, 0.1) is 23.1 Å². The average molecular weight is 459 g/mol. The van der Waals surface area contributed by atoms with Gasteiger partial charge in [-0.3, -0.25) is 4.79 Å². The Kier molecular flexibility index (Phi) is 7.76. The van der Waals surface area contributed by atoms with Crippen molar-refractivity contribution in [2.75, 3.05) is 18.4 Å². The third kappa shape index (κ3) is 4.95. The molecule has 4 rings (SSSR count). The highest BCUT2D eigenvalue weighted by Gasteiger charge is 2.27. The Morgan fingerprint density at radius 3 is 2.68 bits per heavy atom. The summed E-state index contributed by atoms with van der Waals surface area (Å²) in [6.07, 6.45) is 4.49. The molecule has 5 nitrogen and oxygen atoms in total. The highest BCUT2D eigenvalue weighted by molar-refractivity contribution is 6.31. The largest absolute Gasteiger partial charge is 0.322 e. The van der Waals surface area contributed by atoms with Crippen LogP contribution in [-0.4, -0.2) is 28.8 Å². The summed E-state index contributed by atoms with van der Waals surface area (Å²) in [6.45, 7) is 5.94. The van der Waals surface area contributed by atoms with Crippen molar-refractivity contribution in [2.24, 2.45) is 0 Å². The van der Waals surface area contributed by atoms with E-state index in [1.165, 1.54) is 0 Å². The van der Waals surface area contributed by atoms with Crippen LogP contribution >= 0.6 is 24.0 Å². The molecule has 3 aromatic rings. The Bertz CT molecular complexity index is 1060. The van der Waals surface area contributed by atoms with E-state index in [4.69, 9.17) is 11.6 Å². The van der Waals surface area contributed by atoms with E-state index in [1.807, 2.05) is 54.1 Å². The molecule has 0 spiro atoms. The summed E-state index contributed by atoms with van der Waals surface area (Å²) < 4.78 is 1.89. The number of aromatic nitrogens is 2. The molecule has 1 fully saturated rings. The summed E-state index contributed by atoms with van der Waals surface area (Å²) in [5.41, 5.74) is 5.46. The maximum absolute atomic E-state index is 13.3. The second-order valence-electron chi connectivity index (χ2n) is 7.78. The van der Waals surface area contributed by atoms with E-state index in [1.54, 1.807) is 6.20 Å². The summed E-state index contributed by atoms with van der Waals surface area (Å²) in [6, 6.07) is 13.8. The van der Waals surface area contributed by atoms with Gasteiger partial charge < -0.3 is 10.6 Å². The molecule has 0 atom stereocenters. The third-order valence-electron chi connectivity index (χ3n) is 5.82. The minimum absolute atomic E-state index is 0.